The van der Waals surface area contributed by atoms with E-state index in [1.807, 2.05) is 27.2 Å². The molecule has 0 aliphatic carbocycles. The van der Waals surface area contributed by atoms with Crippen molar-refractivity contribution in [1.82, 2.24) is 5.32 Å². The van der Waals surface area contributed by atoms with Gasteiger partial charge in [-0.05, 0) is 32.1 Å². The molecule has 1 amide bonds. The maximum absolute atomic E-state index is 13.0. The van der Waals surface area contributed by atoms with Crippen LogP contribution in [-0.4, -0.2) is 68.5 Å². The molecule has 8 nitrogen and oxygen atoms in total. The summed E-state index contributed by atoms with van der Waals surface area (Å²) in [5.74, 6) is -0.200. The minimum Gasteiger partial charge on any atom is -0.756 e. The fourth-order valence-corrected chi connectivity index (χ4v) is 10.4. The highest BCUT2D eigenvalue weighted by Crippen LogP contribution is 2.38. The van der Waals surface area contributed by atoms with Gasteiger partial charge in [0.15, 0.2) is 0 Å². The topological polar surface area (TPSA) is 108 Å². The van der Waals surface area contributed by atoms with Gasteiger partial charge >= 0.3 is 0 Å². The van der Waals surface area contributed by atoms with Crippen molar-refractivity contribution < 1.29 is 32.9 Å². The fraction of sp³-hybridized carbons (Fsp3) is 0.921. The van der Waals surface area contributed by atoms with Crippen LogP contribution in [-0.2, 0) is 18.4 Å². The minimum absolute atomic E-state index is 0.00359. The molecule has 3 atom stereocenters. The molecule has 0 aromatic carbocycles. The lowest BCUT2D eigenvalue weighted by Crippen LogP contribution is -2.45. The number of aliphatic hydroxyl groups is 1. The lowest BCUT2D eigenvalue weighted by atomic mass is 10.0. The Morgan fingerprint density at radius 1 is 0.472 bits per heavy atom. The van der Waals surface area contributed by atoms with Crippen molar-refractivity contribution in [2.45, 2.75) is 334 Å². The standard InChI is InChI=1S/C63H125N2O6P/c1-6-8-10-12-14-16-18-20-22-24-26-28-29-30-31-32-33-34-35-37-39-41-43-45-47-49-51-53-55-57-63(67)64-61(60-71-72(68,69)70-59-58-65(3,4)5)62(66)56-54-52-50-48-46-44-42-40-38-36-27-25-23-21-19-17-15-13-11-9-7-2/h46,48,54,56,61-62,66H,6-45,47,49-53,55,57-60H2,1-5H3,(H-,64,67,68,69)/b48-46+,56-54+. The molecular formula is C63H125N2O6P. The molecule has 2 N–H and O–H groups in total. The number of hydrogen-bond donors (Lipinski definition) is 2. The Hall–Kier alpha value is -1.02. The normalized spacial score (nSPS) is 13.9. The summed E-state index contributed by atoms with van der Waals surface area (Å²) in [5, 5.41) is 13.9. The van der Waals surface area contributed by atoms with E-state index in [0.29, 0.717) is 17.4 Å². The maximum atomic E-state index is 13.0. The Bertz CT molecular complexity index is 1220. The smallest absolute Gasteiger partial charge is 0.268 e. The summed E-state index contributed by atoms with van der Waals surface area (Å²) in [4.78, 5) is 25.5. The highest BCUT2D eigenvalue weighted by atomic mass is 31.2. The Morgan fingerprint density at radius 2 is 0.778 bits per heavy atom. The molecule has 0 fully saturated rings. The molecule has 0 saturated carbocycles. The largest absolute Gasteiger partial charge is 0.756 e. The number of aliphatic hydroxyl groups excluding tert-OH is 1. The van der Waals surface area contributed by atoms with Crippen molar-refractivity contribution in [3.8, 4) is 0 Å². The van der Waals surface area contributed by atoms with Gasteiger partial charge in [-0.3, -0.25) is 9.36 Å². The van der Waals surface area contributed by atoms with Crippen LogP contribution in [0.4, 0.5) is 0 Å². The van der Waals surface area contributed by atoms with Gasteiger partial charge < -0.3 is 28.8 Å². The SMILES string of the molecule is CCCCCCCCCCCCCCCCC/C=C/CC/C=C/C(O)C(COP(=O)([O-])OCC[N+](C)(C)C)NC(=O)CCCCCCCCCCCCCCCCCCCCCCCCCCCCCCC. The first kappa shape index (κ1) is 71.0. The summed E-state index contributed by atoms with van der Waals surface area (Å²) in [6.07, 6.45) is 70.0. The van der Waals surface area contributed by atoms with Crippen LogP contribution in [0.1, 0.15) is 322 Å². The third-order valence-electron chi connectivity index (χ3n) is 14.7. The second-order valence-electron chi connectivity index (χ2n) is 23.1. The van der Waals surface area contributed by atoms with Crippen LogP contribution in [0.25, 0.3) is 0 Å². The van der Waals surface area contributed by atoms with Crippen molar-refractivity contribution in [2.75, 3.05) is 40.9 Å². The van der Waals surface area contributed by atoms with Gasteiger partial charge in [-0.2, -0.15) is 0 Å². The molecular weight excluding hydrogens is 912 g/mol. The first-order chi connectivity index (χ1) is 35.0. The highest BCUT2D eigenvalue weighted by molar-refractivity contribution is 7.45. The number of likely N-dealkylation sites (N-methyl/N-ethyl adjacent to an activating group) is 1. The molecule has 0 radical (unpaired) electrons. The van der Waals surface area contributed by atoms with Crippen molar-refractivity contribution >= 4 is 13.7 Å². The van der Waals surface area contributed by atoms with Gasteiger partial charge in [0.1, 0.15) is 13.2 Å². The number of carbonyl (C=O) groups excluding carboxylic acids is 1. The van der Waals surface area contributed by atoms with Crippen LogP contribution in [0.15, 0.2) is 24.3 Å². The van der Waals surface area contributed by atoms with Gasteiger partial charge in [-0.15, -0.1) is 0 Å². The summed E-state index contributed by atoms with van der Waals surface area (Å²) in [7, 11) is 1.26. The number of phosphoric ester groups is 1. The quantitative estimate of drug-likeness (QED) is 0.0272. The van der Waals surface area contributed by atoms with Crippen molar-refractivity contribution in [2.24, 2.45) is 0 Å². The summed E-state index contributed by atoms with van der Waals surface area (Å²) in [6, 6.07) is -0.901. The number of quaternary nitrogens is 1. The number of amides is 1. The monoisotopic (exact) mass is 1040 g/mol. The summed E-state index contributed by atoms with van der Waals surface area (Å²) < 4.78 is 23.4. The van der Waals surface area contributed by atoms with Gasteiger partial charge in [0, 0.05) is 6.42 Å². The average molecular weight is 1040 g/mol. The van der Waals surface area contributed by atoms with Crippen LogP contribution < -0.4 is 10.2 Å². The number of phosphoric acid groups is 1. The molecule has 428 valence electrons. The molecule has 0 saturated heterocycles. The molecule has 72 heavy (non-hydrogen) atoms. The zero-order chi connectivity index (χ0) is 52.7. The number of rotatable bonds is 59. The molecule has 0 rings (SSSR count). The minimum atomic E-state index is -4.60. The Labute approximate surface area is 449 Å². The van der Waals surface area contributed by atoms with E-state index in [4.69, 9.17) is 9.05 Å². The molecule has 0 aliphatic heterocycles. The van der Waals surface area contributed by atoms with Crippen LogP contribution in [0, 0.1) is 0 Å². The van der Waals surface area contributed by atoms with E-state index in [1.54, 1.807) is 6.08 Å². The number of unbranched alkanes of at least 4 members (excludes halogenated alkanes) is 44. The van der Waals surface area contributed by atoms with E-state index < -0.39 is 20.0 Å². The third kappa shape index (κ3) is 56.7. The highest BCUT2D eigenvalue weighted by Gasteiger charge is 2.23. The fourth-order valence-electron chi connectivity index (χ4n) is 9.70. The molecule has 0 aromatic rings. The molecule has 0 aliphatic rings. The van der Waals surface area contributed by atoms with E-state index >= 15 is 0 Å². The van der Waals surface area contributed by atoms with E-state index in [1.165, 1.54) is 263 Å². The van der Waals surface area contributed by atoms with Crippen LogP contribution in [0.3, 0.4) is 0 Å². The van der Waals surface area contributed by atoms with Crippen molar-refractivity contribution in [1.29, 1.82) is 0 Å². The van der Waals surface area contributed by atoms with E-state index in [9.17, 15) is 19.4 Å². The van der Waals surface area contributed by atoms with Gasteiger partial charge in [0.05, 0.1) is 39.9 Å². The van der Waals surface area contributed by atoms with Crippen molar-refractivity contribution in [3.05, 3.63) is 24.3 Å². The first-order valence-corrected chi connectivity index (χ1v) is 33.2. The number of carbonyl (C=O) groups is 1. The van der Waals surface area contributed by atoms with E-state index in [0.717, 1.165) is 38.5 Å². The lowest BCUT2D eigenvalue weighted by Gasteiger charge is -2.29. The lowest BCUT2D eigenvalue weighted by molar-refractivity contribution is -0.870. The number of nitrogens with one attached hydrogen (secondary N) is 1. The third-order valence-corrected chi connectivity index (χ3v) is 15.6. The summed E-state index contributed by atoms with van der Waals surface area (Å²) in [5.41, 5.74) is 0. The molecule has 9 heteroatoms. The van der Waals surface area contributed by atoms with Gasteiger partial charge in [0.25, 0.3) is 7.82 Å². The van der Waals surface area contributed by atoms with Crippen molar-refractivity contribution in [3.63, 3.8) is 0 Å². The second-order valence-corrected chi connectivity index (χ2v) is 24.5. The second kappa shape index (κ2) is 54.8. The van der Waals surface area contributed by atoms with Gasteiger partial charge in [-0.1, -0.05) is 308 Å². The van der Waals surface area contributed by atoms with Crippen LogP contribution in [0.5, 0.6) is 0 Å². The number of hydrogen-bond acceptors (Lipinski definition) is 6. The first-order valence-electron chi connectivity index (χ1n) is 31.7. The zero-order valence-corrected chi connectivity index (χ0v) is 49.8. The van der Waals surface area contributed by atoms with E-state index in [2.05, 4.69) is 31.3 Å². The average Bonchev–Trinajstić information content (AvgIpc) is 3.34. The number of nitrogens with zero attached hydrogens (tertiary/aromatic N) is 1. The number of allylic oxidation sites excluding steroid dienone is 3. The predicted molar refractivity (Wildman–Crippen MR) is 312 cm³/mol. The predicted octanol–water partition coefficient (Wildman–Crippen LogP) is 18.9. The molecule has 0 aromatic heterocycles. The van der Waals surface area contributed by atoms with Crippen LogP contribution >= 0.6 is 7.82 Å². The van der Waals surface area contributed by atoms with Gasteiger partial charge in [-0.25, -0.2) is 0 Å². The summed E-state index contributed by atoms with van der Waals surface area (Å²) in [6.45, 7) is 4.68. The molecule has 0 bridgehead atoms. The molecule has 0 spiro atoms. The zero-order valence-electron chi connectivity index (χ0n) is 48.9. The maximum Gasteiger partial charge on any atom is 0.268 e. The Balaban J connectivity index is 4.11. The molecule has 0 heterocycles. The Morgan fingerprint density at radius 3 is 1.12 bits per heavy atom. The Kier molecular flexibility index (Phi) is 54.0. The van der Waals surface area contributed by atoms with Crippen LogP contribution in [0.2, 0.25) is 0 Å². The summed E-state index contributed by atoms with van der Waals surface area (Å²) >= 11 is 0. The van der Waals surface area contributed by atoms with Gasteiger partial charge in [0.2, 0.25) is 5.91 Å². The van der Waals surface area contributed by atoms with E-state index in [-0.39, 0.29) is 19.1 Å². The molecule has 3 unspecified atom stereocenters.